The Balaban J connectivity index is 2.68. The van der Waals surface area contributed by atoms with E-state index in [9.17, 15) is 14.9 Å². The highest BCUT2D eigenvalue weighted by atomic mass is 35.5. The first-order valence-corrected chi connectivity index (χ1v) is 5.87. The van der Waals surface area contributed by atoms with E-state index < -0.39 is 4.92 Å². The molecular formula is C11H14ClN3O3. The largest absolute Gasteiger partial charge is 0.371 e. The van der Waals surface area contributed by atoms with Gasteiger partial charge in [-0.2, -0.15) is 0 Å². The number of nitrogens with zero attached hydrogens (tertiary/aromatic N) is 1. The number of nitrogens with one attached hydrogen (secondary N) is 2. The number of nitro groups is 1. The van der Waals surface area contributed by atoms with Gasteiger partial charge in [-0.1, -0.05) is 18.5 Å². The first kappa shape index (κ1) is 14.2. The van der Waals surface area contributed by atoms with Crippen molar-refractivity contribution in [1.82, 2.24) is 5.32 Å². The summed E-state index contributed by atoms with van der Waals surface area (Å²) in [5.74, 6) is -0.217. The quantitative estimate of drug-likeness (QED) is 0.613. The molecule has 1 amide bonds. The topological polar surface area (TPSA) is 84.3 Å². The first-order chi connectivity index (χ1) is 8.54. The van der Waals surface area contributed by atoms with Crippen LogP contribution in [-0.2, 0) is 4.79 Å². The highest BCUT2D eigenvalue weighted by Gasteiger charge is 2.14. The van der Waals surface area contributed by atoms with Crippen LogP contribution in [0.1, 0.15) is 13.3 Å². The summed E-state index contributed by atoms with van der Waals surface area (Å²) in [6.07, 6.45) is 0.836. The van der Waals surface area contributed by atoms with Crippen molar-refractivity contribution in [2.45, 2.75) is 13.3 Å². The van der Waals surface area contributed by atoms with Crippen molar-refractivity contribution in [2.24, 2.45) is 0 Å². The number of rotatable bonds is 6. The second-order valence-corrected chi connectivity index (χ2v) is 4.06. The standard InChI is InChI=1S/C11H14ClN3O3/c1-2-5-13-11(16)7-14-9-6-8(12)3-4-10(9)15(17)18/h3-4,6,14H,2,5,7H2,1H3,(H,13,16). The first-order valence-electron chi connectivity index (χ1n) is 5.49. The minimum Gasteiger partial charge on any atom is -0.371 e. The van der Waals surface area contributed by atoms with Crippen LogP contribution in [0.2, 0.25) is 5.02 Å². The molecule has 0 spiro atoms. The smallest absolute Gasteiger partial charge is 0.292 e. The molecule has 0 aliphatic rings. The van der Waals surface area contributed by atoms with Crippen LogP contribution in [0.15, 0.2) is 18.2 Å². The van der Waals surface area contributed by atoms with Crippen molar-refractivity contribution in [3.05, 3.63) is 33.3 Å². The molecule has 0 atom stereocenters. The Kier molecular flexibility index (Phi) is 5.38. The molecule has 0 aromatic heterocycles. The van der Waals surface area contributed by atoms with E-state index in [2.05, 4.69) is 10.6 Å². The fourth-order valence-corrected chi connectivity index (χ4v) is 1.48. The van der Waals surface area contributed by atoms with E-state index in [-0.39, 0.29) is 23.8 Å². The summed E-state index contributed by atoms with van der Waals surface area (Å²) in [6, 6.07) is 4.16. The van der Waals surface area contributed by atoms with Crippen molar-refractivity contribution in [3.8, 4) is 0 Å². The third-order valence-corrected chi connectivity index (χ3v) is 2.40. The van der Waals surface area contributed by atoms with E-state index in [0.29, 0.717) is 11.6 Å². The van der Waals surface area contributed by atoms with Crippen LogP contribution in [0.4, 0.5) is 11.4 Å². The highest BCUT2D eigenvalue weighted by molar-refractivity contribution is 6.31. The molecule has 0 radical (unpaired) electrons. The number of nitro benzene ring substituents is 1. The summed E-state index contributed by atoms with van der Waals surface area (Å²) in [5.41, 5.74) is 0.127. The van der Waals surface area contributed by atoms with E-state index in [1.165, 1.54) is 18.2 Å². The monoisotopic (exact) mass is 271 g/mol. The Labute approximate surface area is 109 Å². The summed E-state index contributed by atoms with van der Waals surface area (Å²) in [5, 5.41) is 16.5. The summed E-state index contributed by atoms with van der Waals surface area (Å²) in [6.45, 7) is 2.49. The molecule has 2 N–H and O–H groups in total. The van der Waals surface area contributed by atoms with Crippen LogP contribution in [0, 0.1) is 10.1 Å². The predicted octanol–water partition coefficient (Wildman–Crippen LogP) is 2.19. The SMILES string of the molecule is CCCNC(=O)CNc1cc(Cl)ccc1[N+](=O)[O-]. The van der Waals surface area contributed by atoms with Crippen LogP contribution >= 0.6 is 11.6 Å². The number of benzene rings is 1. The van der Waals surface area contributed by atoms with Crippen LogP contribution in [-0.4, -0.2) is 23.9 Å². The maximum absolute atomic E-state index is 11.4. The number of amides is 1. The van der Waals surface area contributed by atoms with Crippen molar-refractivity contribution in [1.29, 1.82) is 0 Å². The van der Waals surface area contributed by atoms with Crippen molar-refractivity contribution in [2.75, 3.05) is 18.4 Å². The molecule has 98 valence electrons. The number of carbonyl (C=O) groups excluding carboxylic acids is 1. The zero-order valence-corrected chi connectivity index (χ0v) is 10.7. The lowest BCUT2D eigenvalue weighted by Gasteiger charge is -2.07. The maximum Gasteiger partial charge on any atom is 0.292 e. The van der Waals surface area contributed by atoms with Gasteiger partial charge in [0.05, 0.1) is 11.5 Å². The Morgan fingerprint density at radius 2 is 2.22 bits per heavy atom. The molecule has 0 aliphatic carbocycles. The van der Waals surface area contributed by atoms with E-state index in [1.807, 2.05) is 6.92 Å². The highest BCUT2D eigenvalue weighted by Crippen LogP contribution is 2.27. The molecule has 0 fully saturated rings. The number of hydrogen-bond donors (Lipinski definition) is 2. The average molecular weight is 272 g/mol. The lowest BCUT2D eigenvalue weighted by Crippen LogP contribution is -2.30. The Morgan fingerprint density at radius 1 is 1.50 bits per heavy atom. The molecule has 0 saturated carbocycles. The lowest BCUT2D eigenvalue weighted by molar-refractivity contribution is -0.383. The number of anilines is 1. The molecule has 0 bridgehead atoms. The van der Waals surface area contributed by atoms with E-state index in [1.54, 1.807) is 0 Å². The van der Waals surface area contributed by atoms with Crippen LogP contribution in [0.5, 0.6) is 0 Å². The predicted molar refractivity (Wildman–Crippen MR) is 69.9 cm³/mol. The molecule has 6 nitrogen and oxygen atoms in total. The van der Waals surface area contributed by atoms with Gasteiger partial charge in [0.15, 0.2) is 0 Å². The normalized spacial score (nSPS) is 9.89. The molecule has 0 heterocycles. The maximum atomic E-state index is 11.4. The molecule has 0 saturated heterocycles. The minimum absolute atomic E-state index is 0.0266. The van der Waals surface area contributed by atoms with Gasteiger partial charge in [-0.25, -0.2) is 0 Å². The van der Waals surface area contributed by atoms with Crippen LogP contribution < -0.4 is 10.6 Å². The van der Waals surface area contributed by atoms with Crippen molar-refractivity contribution in [3.63, 3.8) is 0 Å². The Bertz CT molecular complexity index is 451. The second-order valence-electron chi connectivity index (χ2n) is 3.62. The van der Waals surface area contributed by atoms with Gasteiger partial charge >= 0.3 is 0 Å². The zero-order chi connectivity index (χ0) is 13.5. The van der Waals surface area contributed by atoms with Gasteiger partial charge in [0.25, 0.3) is 5.69 Å². The fourth-order valence-electron chi connectivity index (χ4n) is 1.31. The van der Waals surface area contributed by atoms with Gasteiger partial charge in [-0.05, 0) is 18.6 Å². The van der Waals surface area contributed by atoms with Gasteiger partial charge in [0.2, 0.25) is 5.91 Å². The summed E-state index contributed by atoms with van der Waals surface area (Å²) in [7, 11) is 0. The molecule has 7 heteroatoms. The van der Waals surface area contributed by atoms with Gasteiger partial charge < -0.3 is 10.6 Å². The third-order valence-electron chi connectivity index (χ3n) is 2.17. The molecule has 1 rings (SSSR count). The van der Waals surface area contributed by atoms with Crippen LogP contribution in [0.25, 0.3) is 0 Å². The molecule has 1 aromatic rings. The lowest BCUT2D eigenvalue weighted by atomic mass is 10.2. The number of hydrogen-bond acceptors (Lipinski definition) is 4. The average Bonchev–Trinajstić information content (AvgIpc) is 2.33. The minimum atomic E-state index is -0.525. The molecule has 0 aliphatic heterocycles. The van der Waals surface area contributed by atoms with Crippen molar-refractivity contribution >= 4 is 28.9 Å². The van der Waals surface area contributed by atoms with E-state index >= 15 is 0 Å². The number of halogens is 1. The van der Waals surface area contributed by atoms with Gasteiger partial charge in [0, 0.05) is 17.6 Å². The number of carbonyl (C=O) groups is 1. The van der Waals surface area contributed by atoms with Gasteiger partial charge in [-0.15, -0.1) is 0 Å². The fraction of sp³-hybridized carbons (Fsp3) is 0.364. The summed E-state index contributed by atoms with van der Waals surface area (Å²) >= 11 is 5.76. The van der Waals surface area contributed by atoms with Crippen molar-refractivity contribution < 1.29 is 9.72 Å². The Hall–Kier alpha value is -1.82. The van der Waals surface area contributed by atoms with E-state index in [4.69, 9.17) is 11.6 Å². The third kappa shape index (κ3) is 4.21. The zero-order valence-electron chi connectivity index (χ0n) is 9.90. The Morgan fingerprint density at radius 3 is 2.83 bits per heavy atom. The molecule has 1 aromatic carbocycles. The summed E-state index contributed by atoms with van der Waals surface area (Å²) in [4.78, 5) is 21.6. The molecule has 0 unspecified atom stereocenters. The van der Waals surface area contributed by atoms with E-state index in [0.717, 1.165) is 6.42 Å². The second kappa shape index (κ2) is 6.80. The molecular weight excluding hydrogens is 258 g/mol. The molecule has 18 heavy (non-hydrogen) atoms. The van der Waals surface area contributed by atoms with Gasteiger partial charge in [0.1, 0.15) is 5.69 Å². The van der Waals surface area contributed by atoms with Gasteiger partial charge in [-0.3, -0.25) is 14.9 Å². The summed E-state index contributed by atoms with van der Waals surface area (Å²) < 4.78 is 0. The van der Waals surface area contributed by atoms with Crippen LogP contribution in [0.3, 0.4) is 0 Å².